The van der Waals surface area contributed by atoms with Crippen LogP contribution in [0.25, 0.3) is 0 Å². The van der Waals surface area contributed by atoms with Crippen molar-refractivity contribution in [3.63, 3.8) is 0 Å². The lowest BCUT2D eigenvalue weighted by Crippen LogP contribution is -2.29. The maximum Gasteiger partial charge on any atom is 0.252 e. The van der Waals surface area contributed by atoms with Crippen molar-refractivity contribution in [3.05, 3.63) is 29.3 Å². The summed E-state index contributed by atoms with van der Waals surface area (Å²) in [5.74, 6) is 0.778. The molecule has 1 aromatic carbocycles. The highest BCUT2D eigenvalue weighted by Crippen LogP contribution is 2.28. The number of nitrogens with zero attached hydrogens (tertiary/aromatic N) is 1. The lowest BCUT2D eigenvalue weighted by molar-refractivity contribution is -0.117. The molecule has 0 atom stereocenters. The van der Waals surface area contributed by atoms with Crippen LogP contribution in [0.1, 0.15) is 24.0 Å². The molecule has 2 heterocycles. The maximum absolute atomic E-state index is 11.4. The average molecular weight is 260 g/mol. The van der Waals surface area contributed by atoms with Gasteiger partial charge >= 0.3 is 0 Å². The number of fused-ring (bicyclic) bond motifs is 1. The van der Waals surface area contributed by atoms with Crippen LogP contribution >= 0.6 is 0 Å². The first kappa shape index (κ1) is 12.2. The van der Waals surface area contributed by atoms with E-state index < -0.39 is 0 Å². The number of ether oxygens (including phenoxy) is 2. The Morgan fingerprint density at radius 2 is 2.11 bits per heavy atom. The van der Waals surface area contributed by atoms with Crippen molar-refractivity contribution in [1.82, 2.24) is 0 Å². The fraction of sp³-hybridized carbons (Fsp3) is 0.429. The van der Waals surface area contributed by atoms with E-state index in [1.165, 1.54) is 0 Å². The van der Waals surface area contributed by atoms with Crippen molar-refractivity contribution in [3.8, 4) is 5.75 Å². The van der Waals surface area contributed by atoms with Gasteiger partial charge in [-0.05, 0) is 11.6 Å². The van der Waals surface area contributed by atoms with Gasteiger partial charge in [-0.15, -0.1) is 0 Å². The molecule has 2 N–H and O–H groups in total. The second-order valence-electron chi connectivity index (χ2n) is 4.79. The van der Waals surface area contributed by atoms with Crippen LogP contribution in [0, 0.1) is 0 Å². The third-order valence-electron chi connectivity index (χ3n) is 3.42. The fourth-order valence-corrected chi connectivity index (χ4v) is 2.48. The fourth-order valence-electron chi connectivity index (χ4n) is 2.48. The molecule has 19 heavy (non-hydrogen) atoms. The number of aliphatic imine (C=N–C) groups is 1. The first-order valence-electron chi connectivity index (χ1n) is 6.47. The molecule has 3 rings (SSSR count). The summed E-state index contributed by atoms with van der Waals surface area (Å²) in [6.45, 7) is 1.45. The van der Waals surface area contributed by atoms with E-state index in [1.807, 2.05) is 18.2 Å². The van der Waals surface area contributed by atoms with Gasteiger partial charge in [-0.1, -0.05) is 12.1 Å². The standard InChI is InChI=1S/C14H16N2O3/c15-14-13-9(8-12(17)16-14)2-1-3-11(13)19-10-4-6-18-7-5-10/h1-3,10H,4-8H2,(H2,15,16,17). The molecule has 0 aromatic heterocycles. The highest BCUT2D eigenvalue weighted by Gasteiger charge is 2.23. The second-order valence-corrected chi connectivity index (χ2v) is 4.79. The minimum absolute atomic E-state index is 0.144. The van der Waals surface area contributed by atoms with Gasteiger partial charge in [0.2, 0.25) is 0 Å². The number of carbonyl (C=O) groups excluding carboxylic acids is 1. The first-order chi connectivity index (χ1) is 9.24. The van der Waals surface area contributed by atoms with Crippen molar-refractivity contribution in [2.75, 3.05) is 13.2 Å². The zero-order chi connectivity index (χ0) is 13.2. The maximum atomic E-state index is 11.4. The van der Waals surface area contributed by atoms with Crippen LogP contribution in [0.3, 0.4) is 0 Å². The minimum Gasteiger partial charge on any atom is -0.489 e. The molecule has 2 aliphatic heterocycles. The summed E-state index contributed by atoms with van der Waals surface area (Å²) in [5.41, 5.74) is 7.53. The van der Waals surface area contributed by atoms with Crippen LogP contribution in [0.4, 0.5) is 0 Å². The number of carbonyl (C=O) groups is 1. The number of nitrogens with two attached hydrogens (primary N) is 1. The largest absolute Gasteiger partial charge is 0.489 e. The molecule has 0 bridgehead atoms. The summed E-state index contributed by atoms with van der Waals surface area (Å²) < 4.78 is 11.3. The van der Waals surface area contributed by atoms with E-state index in [0.717, 1.165) is 42.9 Å². The third kappa shape index (κ3) is 2.46. The number of amidine groups is 1. The molecule has 100 valence electrons. The van der Waals surface area contributed by atoms with E-state index in [0.29, 0.717) is 6.42 Å². The van der Waals surface area contributed by atoms with Crippen molar-refractivity contribution >= 4 is 11.7 Å². The molecule has 1 aromatic rings. The SMILES string of the molecule is NC1=NC(=O)Cc2cccc(OC3CCOCC3)c21. The Morgan fingerprint density at radius 3 is 2.89 bits per heavy atom. The Morgan fingerprint density at radius 1 is 1.32 bits per heavy atom. The van der Waals surface area contributed by atoms with Crippen LogP contribution in [-0.2, 0) is 16.0 Å². The first-order valence-corrected chi connectivity index (χ1v) is 6.47. The van der Waals surface area contributed by atoms with E-state index in [-0.39, 0.29) is 17.8 Å². The highest BCUT2D eigenvalue weighted by atomic mass is 16.5. The van der Waals surface area contributed by atoms with E-state index >= 15 is 0 Å². The summed E-state index contributed by atoms with van der Waals surface area (Å²) in [7, 11) is 0. The van der Waals surface area contributed by atoms with Crippen LogP contribution in [0.2, 0.25) is 0 Å². The molecule has 0 saturated carbocycles. The van der Waals surface area contributed by atoms with Gasteiger partial charge in [0.15, 0.2) is 0 Å². The Hall–Kier alpha value is -1.88. The van der Waals surface area contributed by atoms with Gasteiger partial charge in [0, 0.05) is 12.8 Å². The molecule has 1 amide bonds. The van der Waals surface area contributed by atoms with Gasteiger partial charge in [0.1, 0.15) is 17.7 Å². The minimum atomic E-state index is -0.201. The predicted molar refractivity (Wildman–Crippen MR) is 70.3 cm³/mol. The van der Waals surface area contributed by atoms with Crippen molar-refractivity contribution in [1.29, 1.82) is 0 Å². The highest BCUT2D eigenvalue weighted by molar-refractivity contribution is 6.10. The molecule has 1 saturated heterocycles. The average Bonchev–Trinajstić information content (AvgIpc) is 2.39. The molecule has 5 heteroatoms. The lowest BCUT2D eigenvalue weighted by atomic mass is 9.99. The topological polar surface area (TPSA) is 73.9 Å². The van der Waals surface area contributed by atoms with Crippen LogP contribution in [-0.4, -0.2) is 31.1 Å². The zero-order valence-corrected chi connectivity index (χ0v) is 10.6. The smallest absolute Gasteiger partial charge is 0.252 e. The zero-order valence-electron chi connectivity index (χ0n) is 10.6. The Kier molecular flexibility index (Phi) is 3.21. The molecule has 2 aliphatic rings. The quantitative estimate of drug-likeness (QED) is 0.862. The van der Waals surface area contributed by atoms with Crippen molar-refractivity contribution in [2.45, 2.75) is 25.4 Å². The van der Waals surface area contributed by atoms with Gasteiger partial charge in [-0.25, -0.2) is 0 Å². The van der Waals surface area contributed by atoms with Crippen molar-refractivity contribution in [2.24, 2.45) is 10.7 Å². The van der Waals surface area contributed by atoms with Crippen LogP contribution in [0.5, 0.6) is 5.75 Å². The molecule has 0 spiro atoms. The lowest BCUT2D eigenvalue weighted by Gasteiger charge is -2.25. The summed E-state index contributed by atoms with van der Waals surface area (Å²) in [4.78, 5) is 15.2. The summed E-state index contributed by atoms with van der Waals surface area (Å²) in [5, 5.41) is 0. The Labute approximate surface area is 111 Å². The second kappa shape index (κ2) is 5.01. The van der Waals surface area contributed by atoms with Crippen molar-refractivity contribution < 1.29 is 14.3 Å². The van der Waals surface area contributed by atoms with E-state index in [4.69, 9.17) is 15.2 Å². The molecule has 0 radical (unpaired) electrons. The monoisotopic (exact) mass is 260 g/mol. The van der Waals surface area contributed by atoms with Gasteiger partial charge < -0.3 is 15.2 Å². The number of rotatable bonds is 2. The number of hydrogen-bond donors (Lipinski definition) is 1. The molecular formula is C14H16N2O3. The molecule has 0 aliphatic carbocycles. The Balaban J connectivity index is 1.89. The van der Waals surface area contributed by atoms with Gasteiger partial charge in [-0.3, -0.25) is 4.79 Å². The molecule has 0 unspecified atom stereocenters. The number of amides is 1. The normalized spacial score (nSPS) is 19.8. The molecular weight excluding hydrogens is 244 g/mol. The number of benzene rings is 1. The number of hydrogen-bond acceptors (Lipinski definition) is 4. The molecule has 1 fully saturated rings. The summed E-state index contributed by atoms with van der Waals surface area (Å²) in [6, 6.07) is 5.66. The Bertz CT molecular complexity index is 533. The van der Waals surface area contributed by atoms with E-state index in [9.17, 15) is 4.79 Å². The molecule has 5 nitrogen and oxygen atoms in total. The van der Waals surface area contributed by atoms with Gasteiger partial charge in [0.25, 0.3) is 5.91 Å². The summed E-state index contributed by atoms with van der Waals surface area (Å²) in [6.07, 6.45) is 2.19. The van der Waals surface area contributed by atoms with Gasteiger partial charge in [-0.2, -0.15) is 4.99 Å². The van der Waals surface area contributed by atoms with E-state index in [2.05, 4.69) is 4.99 Å². The van der Waals surface area contributed by atoms with Gasteiger partial charge in [0.05, 0.1) is 25.2 Å². The van der Waals surface area contributed by atoms with E-state index in [1.54, 1.807) is 0 Å². The van der Waals surface area contributed by atoms with Crippen LogP contribution in [0.15, 0.2) is 23.2 Å². The third-order valence-corrected chi connectivity index (χ3v) is 3.42. The predicted octanol–water partition coefficient (Wildman–Crippen LogP) is 1.03. The van der Waals surface area contributed by atoms with Crippen LogP contribution < -0.4 is 10.5 Å². The summed E-state index contributed by atoms with van der Waals surface area (Å²) >= 11 is 0.